The number of hydrogen-bond donors (Lipinski definition) is 1. The van der Waals surface area contributed by atoms with E-state index >= 15 is 0 Å². The lowest BCUT2D eigenvalue weighted by atomic mass is 10.0. The van der Waals surface area contributed by atoms with Crippen molar-refractivity contribution in [3.05, 3.63) is 70.1 Å². The smallest absolute Gasteiger partial charge is 0.344 e. The van der Waals surface area contributed by atoms with Gasteiger partial charge in [0, 0.05) is 23.1 Å². The van der Waals surface area contributed by atoms with E-state index in [0.29, 0.717) is 28.7 Å². The summed E-state index contributed by atoms with van der Waals surface area (Å²) in [6.07, 6.45) is 0.616. The molecule has 0 bridgehead atoms. The zero-order valence-corrected chi connectivity index (χ0v) is 14.2. The minimum Gasteiger partial charge on any atom is -0.508 e. The predicted octanol–water partition coefficient (Wildman–Crippen LogP) is 3.18. The lowest BCUT2D eigenvalue weighted by Crippen LogP contribution is -2.15. The van der Waals surface area contributed by atoms with Crippen molar-refractivity contribution < 1.29 is 23.8 Å². The molecule has 0 aliphatic carbocycles. The Balaban J connectivity index is 1.73. The van der Waals surface area contributed by atoms with Crippen molar-refractivity contribution in [2.45, 2.75) is 20.0 Å². The maximum atomic E-state index is 11.9. The van der Waals surface area contributed by atoms with Crippen LogP contribution >= 0.6 is 0 Å². The highest BCUT2D eigenvalue weighted by Gasteiger charge is 2.12. The summed E-state index contributed by atoms with van der Waals surface area (Å²) >= 11 is 0. The van der Waals surface area contributed by atoms with Gasteiger partial charge in [0.2, 0.25) is 0 Å². The second-order valence-electron chi connectivity index (χ2n) is 5.68. The van der Waals surface area contributed by atoms with Crippen LogP contribution in [0.15, 0.2) is 57.7 Å². The summed E-state index contributed by atoms with van der Waals surface area (Å²) in [6.45, 7) is 1.58. The van der Waals surface area contributed by atoms with Crippen molar-refractivity contribution in [1.29, 1.82) is 0 Å². The summed E-state index contributed by atoms with van der Waals surface area (Å²) < 4.78 is 15.7. The highest BCUT2D eigenvalue weighted by atomic mass is 16.6. The zero-order valence-electron chi connectivity index (χ0n) is 14.2. The fourth-order valence-corrected chi connectivity index (χ4v) is 2.57. The molecule has 6 nitrogen and oxygen atoms in total. The Hall–Kier alpha value is -3.28. The maximum absolute atomic E-state index is 11.9. The van der Waals surface area contributed by atoms with Gasteiger partial charge in [-0.2, -0.15) is 0 Å². The molecule has 1 heterocycles. The number of para-hydroxylation sites is 1. The number of aryl methyl sites for hydroxylation is 1. The highest BCUT2D eigenvalue weighted by Crippen LogP contribution is 2.27. The number of fused-ring (bicyclic) bond motifs is 1. The van der Waals surface area contributed by atoms with E-state index < -0.39 is 11.6 Å². The first-order chi connectivity index (χ1) is 12.6. The normalized spacial score (nSPS) is 10.7. The average molecular weight is 354 g/mol. The summed E-state index contributed by atoms with van der Waals surface area (Å²) in [4.78, 5) is 23.6. The molecule has 3 aromatic rings. The van der Waals surface area contributed by atoms with Gasteiger partial charge in [0.05, 0.1) is 0 Å². The van der Waals surface area contributed by atoms with Crippen LogP contribution in [0.2, 0.25) is 0 Å². The number of carbonyl (C=O) groups is 1. The van der Waals surface area contributed by atoms with Crippen LogP contribution in [-0.4, -0.2) is 17.7 Å². The molecule has 0 saturated heterocycles. The monoisotopic (exact) mass is 354 g/mol. The van der Waals surface area contributed by atoms with Gasteiger partial charge in [-0.3, -0.25) is 0 Å². The molecule has 0 aliphatic rings. The Morgan fingerprint density at radius 3 is 2.62 bits per heavy atom. The second-order valence-corrected chi connectivity index (χ2v) is 5.68. The van der Waals surface area contributed by atoms with Gasteiger partial charge in [0.15, 0.2) is 6.61 Å². The number of phenols is 1. The van der Waals surface area contributed by atoms with E-state index in [-0.39, 0.29) is 24.5 Å². The van der Waals surface area contributed by atoms with Gasteiger partial charge in [-0.05, 0) is 30.2 Å². The van der Waals surface area contributed by atoms with Crippen LogP contribution in [0, 0.1) is 0 Å². The number of ether oxygens (including phenoxy) is 2. The maximum Gasteiger partial charge on any atom is 0.344 e. The minimum atomic E-state index is -0.576. The molecule has 0 radical (unpaired) electrons. The number of esters is 1. The van der Waals surface area contributed by atoms with Crippen molar-refractivity contribution in [2.75, 3.05) is 6.61 Å². The largest absolute Gasteiger partial charge is 0.508 e. The number of aromatic hydroxyl groups is 1. The van der Waals surface area contributed by atoms with Crippen molar-refractivity contribution in [1.82, 2.24) is 0 Å². The van der Waals surface area contributed by atoms with Gasteiger partial charge in [0.1, 0.15) is 23.7 Å². The van der Waals surface area contributed by atoms with Gasteiger partial charge >= 0.3 is 11.6 Å². The van der Waals surface area contributed by atoms with E-state index in [1.807, 2.05) is 13.0 Å². The first-order valence-electron chi connectivity index (χ1n) is 8.19. The number of phenolic OH excluding ortho intramolecular Hbond substituents is 1. The number of rotatable bonds is 6. The molecule has 134 valence electrons. The number of hydrogen-bond acceptors (Lipinski definition) is 6. The van der Waals surface area contributed by atoms with Crippen molar-refractivity contribution in [2.24, 2.45) is 0 Å². The van der Waals surface area contributed by atoms with Gasteiger partial charge < -0.3 is 19.0 Å². The second kappa shape index (κ2) is 7.74. The van der Waals surface area contributed by atoms with E-state index in [9.17, 15) is 14.7 Å². The Morgan fingerprint density at radius 1 is 1.12 bits per heavy atom. The minimum absolute atomic E-state index is 0.0635. The number of benzene rings is 2. The highest BCUT2D eigenvalue weighted by molar-refractivity contribution is 5.83. The van der Waals surface area contributed by atoms with Gasteiger partial charge in [-0.1, -0.05) is 25.1 Å². The zero-order chi connectivity index (χ0) is 18.5. The van der Waals surface area contributed by atoms with Crippen molar-refractivity contribution >= 4 is 16.9 Å². The fraction of sp³-hybridized carbons (Fsp3) is 0.200. The summed E-state index contributed by atoms with van der Waals surface area (Å²) in [5, 5.41) is 10.5. The van der Waals surface area contributed by atoms with Gasteiger partial charge in [0.25, 0.3) is 0 Å². The SMILES string of the molecule is CCc1cc2c(COC(=O)COc3ccccc3)cc(=O)oc2cc1O. The number of carbonyl (C=O) groups excluding carboxylic acids is 1. The molecule has 6 heteroatoms. The van der Waals surface area contributed by atoms with Crippen molar-refractivity contribution in [3.8, 4) is 11.5 Å². The molecule has 0 unspecified atom stereocenters. The molecular weight excluding hydrogens is 336 g/mol. The van der Waals surface area contributed by atoms with Crippen LogP contribution in [-0.2, 0) is 22.6 Å². The summed E-state index contributed by atoms with van der Waals surface area (Å²) in [5.74, 6) is 0.0802. The molecule has 3 rings (SSSR count). The van der Waals surface area contributed by atoms with E-state index in [1.54, 1.807) is 30.3 Å². The van der Waals surface area contributed by atoms with Gasteiger partial charge in [-0.25, -0.2) is 9.59 Å². The topological polar surface area (TPSA) is 86.0 Å². The third kappa shape index (κ3) is 4.03. The summed E-state index contributed by atoms with van der Waals surface area (Å²) in [5.41, 5.74) is 0.900. The third-order valence-electron chi connectivity index (χ3n) is 3.90. The molecule has 26 heavy (non-hydrogen) atoms. The predicted molar refractivity (Wildman–Crippen MR) is 95.3 cm³/mol. The Bertz CT molecular complexity index is 975. The van der Waals surface area contributed by atoms with Crippen LogP contribution in [0.5, 0.6) is 11.5 Å². The average Bonchev–Trinajstić information content (AvgIpc) is 2.64. The van der Waals surface area contributed by atoms with Crippen LogP contribution in [0.1, 0.15) is 18.1 Å². The summed E-state index contributed by atoms with van der Waals surface area (Å²) in [7, 11) is 0. The molecular formula is C20H18O6. The molecule has 0 saturated carbocycles. The van der Waals surface area contributed by atoms with Crippen LogP contribution in [0.25, 0.3) is 11.0 Å². The summed E-state index contributed by atoms with van der Waals surface area (Å²) in [6, 6.07) is 13.3. The van der Waals surface area contributed by atoms with Crippen LogP contribution < -0.4 is 10.4 Å². The Morgan fingerprint density at radius 2 is 1.88 bits per heavy atom. The Labute approximate surface area is 149 Å². The van der Waals surface area contributed by atoms with Crippen molar-refractivity contribution in [3.63, 3.8) is 0 Å². The molecule has 0 amide bonds. The first-order valence-corrected chi connectivity index (χ1v) is 8.19. The van der Waals surface area contributed by atoms with Crippen LogP contribution in [0.4, 0.5) is 0 Å². The van der Waals surface area contributed by atoms with E-state index in [4.69, 9.17) is 13.9 Å². The molecule has 1 aromatic heterocycles. The van der Waals surface area contributed by atoms with E-state index in [0.717, 1.165) is 0 Å². The van der Waals surface area contributed by atoms with E-state index in [1.165, 1.54) is 12.1 Å². The molecule has 2 aromatic carbocycles. The fourth-order valence-electron chi connectivity index (χ4n) is 2.57. The third-order valence-corrected chi connectivity index (χ3v) is 3.90. The Kier molecular flexibility index (Phi) is 5.22. The standard InChI is InChI=1S/C20H18O6/c1-2-13-8-16-14(9-19(22)26-18(16)10-17(13)21)11-25-20(23)12-24-15-6-4-3-5-7-15/h3-10,21H,2,11-12H2,1H3. The lowest BCUT2D eigenvalue weighted by molar-refractivity contribution is -0.147. The van der Waals surface area contributed by atoms with E-state index in [2.05, 4.69) is 0 Å². The first kappa shape index (κ1) is 17.5. The molecule has 0 spiro atoms. The van der Waals surface area contributed by atoms with Crippen LogP contribution in [0.3, 0.4) is 0 Å². The molecule has 1 N–H and O–H groups in total. The molecule has 0 fully saturated rings. The lowest BCUT2D eigenvalue weighted by Gasteiger charge is -2.10. The van der Waals surface area contributed by atoms with Gasteiger partial charge in [-0.15, -0.1) is 0 Å². The quantitative estimate of drug-likeness (QED) is 0.540. The molecule has 0 atom stereocenters. The molecule has 0 aliphatic heterocycles.